The Kier molecular flexibility index (Phi) is 1.92. The molecule has 2 rings (SSSR count). The Morgan fingerprint density at radius 3 is 3.18 bits per heavy atom. The highest BCUT2D eigenvalue weighted by atomic mass is 32.1. The number of rotatable bonds is 1. The molecule has 0 aliphatic carbocycles. The lowest BCUT2D eigenvalue weighted by Crippen LogP contribution is -2.12. The lowest BCUT2D eigenvalue weighted by molar-refractivity contribution is 0.618. The highest BCUT2D eigenvalue weighted by Crippen LogP contribution is 2.28. The Morgan fingerprint density at radius 2 is 2.64 bits per heavy atom. The van der Waals surface area contributed by atoms with Gasteiger partial charge in [-0.2, -0.15) is 0 Å². The molecule has 2 heterocycles. The molecular weight excluding hydrogens is 156 g/mol. The highest BCUT2D eigenvalue weighted by Gasteiger charge is 2.22. The van der Waals surface area contributed by atoms with Crippen molar-refractivity contribution < 1.29 is 0 Å². The average molecular weight is 168 g/mol. The molecule has 0 amide bonds. The Hall–Kier alpha value is -0.410. The number of aromatic nitrogens is 1. The Labute approximate surface area is 70.7 Å². The number of thiazole rings is 1. The fourth-order valence-electron chi connectivity index (χ4n) is 1.53. The third kappa shape index (κ3) is 1.44. The van der Waals surface area contributed by atoms with Crippen molar-refractivity contribution in [1.82, 2.24) is 10.3 Å². The third-order valence-electron chi connectivity index (χ3n) is 2.15. The van der Waals surface area contributed by atoms with Gasteiger partial charge in [0.15, 0.2) is 0 Å². The summed E-state index contributed by atoms with van der Waals surface area (Å²) in [4.78, 5) is 5.45. The van der Waals surface area contributed by atoms with Crippen molar-refractivity contribution in [1.29, 1.82) is 0 Å². The molecule has 60 valence electrons. The summed E-state index contributed by atoms with van der Waals surface area (Å²) in [6.45, 7) is 3.44. The monoisotopic (exact) mass is 168 g/mol. The fraction of sp³-hybridized carbons (Fsp3) is 0.625. The van der Waals surface area contributed by atoms with Crippen molar-refractivity contribution in [2.45, 2.75) is 19.4 Å². The van der Waals surface area contributed by atoms with Crippen LogP contribution in [0.15, 0.2) is 11.7 Å². The molecule has 3 heteroatoms. The first kappa shape index (κ1) is 7.25. The standard InChI is InChI=1S/C8H12N2S/c1-6-2-7(10-3-6)8-4-9-5-11-8/h4-7,10H,2-3H2,1H3/t6-,7-/m1/s1. The van der Waals surface area contributed by atoms with Crippen LogP contribution in [-0.4, -0.2) is 11.5 Å². The molecule has 0 bridgehead atoms. The summed E-state index contributed by atoms with van der Waals surface area (Å²) < 4.78 is 0. The Bertz CT molecular complexity index is 220. The quantitative estimate of drug-likeness (QED) is 0.691. The number of hydrogen-bond acceptors (Lipinski definition) is 3. The van der Waals surface area contributed by atoms with E-state index < -0.39 is 0 Å². The molecule has 1 saturated heterocycles. The minimum absolute atomic E-state index is 0.581. The molecule has 0 aromatic carbocycles. The van der Waals surface area contributed by atoms with Crippen molar-refractivity contribution in [3.63, 3.8) is 0 Å². The number of nitrogens with zero attached hydrogens (tertiary/aromatic N) is 1. The van der Waals surface area contributed by atoms with Crippen LogP contribution in [0.4, 0.5) is 0 Å². The van der Waals surface area contributed by atoms with E-state index in [4.69, 9.17) is 0 Å². The van der Waals surface area contributed by atoms with Gasteiger partial charge in [0.25, 0.3) is 0 Å². The second kappa shape index (κ2) is 2.91. The molecule has 1 aromatic rings. The van der Waals surface area contributed by atoms with Gasteiger partial charge in [0.2, 0.25) is 0 Å². The van der Waals surface area contributed by atoms with Gasteiger partial charge >= 0.3 is 0 Å². The predicted octanol–water partition coefficient (Wildman–Crippen LogP) is 1.81. The van der Waals surface area contributed by atoms with E-state index in [0.29, 0.717) is 6.04 Å². The van der Waals surface area contributed by atoms with E-state index in [1.165, 1.54) is 11.3 Å². The Morgan fingerprint density at radius 1 is 1.73 bits per heavy atom. The molecule has 1 fully saturated rings. The van der Waals surface area contributed by atoms with E-state index >= 15 is 0 Å². The van der Waals surface area contributed by atoms with Gasteiger partial charge < -0.3 is 5.32 Å². The maximum Gasteiger partial charge on any atom is 0.0794 e. The lowest BCUT2D eigenvalue weighted by Gasteiger charge is -2.04. The normalized spacial score (nSPS) is 31.0. The summed E-state index contributed by atoms with van der Waals surface area (Å²) in [5, 5.41) is 3.48. The second-order valence-electron chi connectivity index (χ2n) is 3.21. The van der Waals surface area contributed by atoms with Crippen molar-refractivity contribution in [3.8, 4) is 0 Å². The summed E-state index contributed by atoms with van der Waals surface area (Å²) >= 11 is 1.75. The highest BCUT2D eigenvalue weighted by molar-refractivity contribution is 7.09. The van der Waals surface area contributed by atoms with Crippen molar-refractivity contribution >= 4 is 11.3 Å². The van der Waals surface area contributed by atoms with E-state index in [0.717, 1.165) is 12.5 Å². The molecule has 1 N–H and O–H groups in total. The molecule has 1 aliphatic rings. The van der Waals surface area contributed by atoms with Gasteiger partial charge in [-0.3, -0.25) is 4.98 Å². The summed E-state index contributed by atoms with van der Waals surface area (Å²) in [6.07, 6.45) is 3.24. The van der Waals surface area contributed by atoms with Gasteiger partial charge in [-0.25, -0.2) is 0 Å². The maximum absolute atomic E-state index is 4.07. The summed E-state index contributed by atoms with van der Waals surface area (Å²) in [5.41, 5.74) is 1.90. The summed E-state index contributed by atoms with van der Waals surface area (Å²) in [7, 11) is 0. The number of nitrogens with one attached hydrogen (secondary N) is 1. The zero-order chi connectivity index (χ0) is 7.68. The van der Waals surface area contributed by atoms with Crippen LogP contribution >= 0.6 is 11.3 Å². The van der Waals surface area contributed by atoms with Gasteiger partial charge in [0.1, 0.15) is 0 Å². The zero-order valence-electron chi connectivity index (χ0n) is 6.58. The van der Waals surface area contributed by atoms with Gasteiger partial charge in [0.05, 0.1) is 5.51 Å². The molecule has 11 heavy (non-hydrogen) atoms. The van der Waals surface area contributed by atoms with Crippen LogP contribution < -0.4 is 5.32 Å². The van der Waals surface area contributed by atoms with Crippen LogP contribution in [0.5, 0.6) is 0 Å². The topological polar surface area (TPSA) is 24.9 Å². The zero-order valence-corrected chi connectivity index (χ0v) is 7.40. The molecule has 2 nitrogen and oxygen atoms in total. The molecule has 1 aliphatic heterocycles. The van der Waals surface area contributed by atoms with Gasteiger partial charge in [-0.1, -0.05) is 6.92 Å². The van der Waals surface area contributed by atoms with Crippen LogP contribution in [0.25, 0.3) is 0 Å². The molecule has 0 radical (unpaired) electrons. The molecular formula is C8H12N2S. The van der Waals surface area contributed by atoms with E-state index in [-0.39, 0.29) is 0 Å². The van der Waals surface area contributed by atoms with E-state index in [2.05, 4.69) is 17.2 Å². The van der Waals surface area contributed by atoms with Gasteiger partial charge in [-0.15, -0.1) is 11.3 Å². The van der Waals surface area contributed by atoms with E-state index in [9.17, 15) is 0 Å². The van der Waals surface area contributed by atoms with E-state index in [1.54, 1.807) is 11.3 Å². The first-order valence-electron chi connectivity index (χ1n) is 3.98. The second-order valence-corrected chi connectivity index (χ2v) is 4.12. The average Bonchev–Trinajstić information content (AvgIpc) is 2.55. The van der Waals surface area contributed by atoms with Gasteiger partial charge in [0, 0.05) is 17.1 Å². The largest absolute Gasteiger partial charge is 0.309 e. The third-order valence-corrected chi connectivity index (χ3v) is 3.03. The van der Waals surface area contributed by atoms with Crippen LogP contribution in [-0.2, 0) is 0 Å². The summed E-state index contributed by atoms with van der Waals surface area (Å²) in [5.74, 6) is 0.821. The first-order valence-corrected chi connectivity index (χ1v) is 4.86. The SMILES string of the molecule is C[C@H]1CN[C@@H](c2cncs2)C1. The van der Waals surface area contributed by atoms with Crippen molar-refractivity contribution in [2.24, 2.45) is 5.92 Å². The van der Waals surface area contributed by atoms with E-state index in [1.807, 2.05) is 11.7 Å². The fourth-order valence-corrected chi connectivity index (χ4v) is 2.24. The molecule has 1 aromatic heterocycles. The Balaban J connectivity index is 2.08. The lowest BCUT2D eigenvalue weighted by atomic mass is 10.1. The van der Waals surface area contributed by atoms with Crippen LogP contribution in [0.3, 0.4) is 0 Å². The molecule has 0 unspecified atom stereocenters. The van der Waals surface area contributed by atoms with Crippen LogP contribution in [0.2, 0.25) is 0 Å². The van der Waals surface area contributed by atoms with Crippen LogP contribution in [0.1, 0.15) is 24.3 Å². The molecule has 0 saturated carbocycles. The predicted molar refractivity (Wildman–Crippen MR) is 46.6 cm³/mol. The minimum atomic E-state index is 0.581. The number of hydrogen-bond donors (Lipinski definition) is 1. The van der Waals surface area contributed by atoms with Crippen molar-refractivity contribution in [3.05, 3.63) is 16.6 Å². The smallest absolute Gasteiger partial charge is 0.0794 e. The molecule has 0 spiro atoms. The summed E-state index contributed by atoms with van der Waals surface area (Å²) in [6, 6.07) is 0.581. The van der Waals surface area contributed by atoms with Gasteiger partial charge in [-0.05, 0) is 18.9 Å². The van der Waals surface area contributed by atoms with Crippen LogP contribution in [0, 0.1) is 5.92 Å². The minimum Gasteiger partial charge on any atom is -0.309 e. The maximum atomic E-state index is 4.07. The first-order chi connectivity index (χ1) is 5.36. The molecule has 2 atom stereocenters. The van der Waals surface area contributed by atoms with Crippen molar-refractivity contribution in [2.75, 3.05) is 6.54 Å².